The zero-order chi connectivity index (χ0) is 22.2. The van der Waals surface area contributed by atoms with Gasteiger partial charge in [-0.2, -0.15) is 0 Å². The molecule has 0 spiro atoms. The van der Waals surface area contributed by atoms with E-state index in [9.17, 15) is 4.39 Å². The van der Waals surface area contributed by atoms with Crippen LogP contribution in [0.3, 0.4) is 0 Å². The first-order valence-electron chi connectivity index (χ1n) is 10.2. The van der Waals surface area contributed by atoms with Crippen molar-refractivity contribution in [2.24, 2.45) is 12.0 Å². The third-order valence-corrected chi connectivity index (χ3v) is 5.12. The number of hydrogen-bond donors (Lipinski definition) is 2. The fourth-order valence-corrected chi connectivity index (χ4v) is 2.96. The number of guanidine groups is 1. The number of halogens is 2. The summed E-state index contributed by atoms with van der Waals surface area (Å²) in [6.07, 6.45) is 0.826. The van der Waals surface area contributed by atoms with Crippen LogP contribution in [0.1, 0.15) is 28.3 Å². The Balaban J connectivity index is 0.00000363. The van der Waals surface area contributed by atoms with Crippen molar-refractivity contribution in [1.29, 1.82) is 0 Å². The number of aryl methyl sites for hydroxylation is 2. The van der Waals surface area contributed by atoms with E-state index in [1.807, 2.05) is 48.9 Å². The molecule has 1 aromatic heterocycles. The van der Waals surface area contributed by atoms with Gasteiger partial charge in [0.25, 0.3) is 0 Å². The molecule has 9 heteroatoms. The molecule has 3 aromatic rings. The summed E-state index contributed by atoms with van der Waals surface area (Å²) in [4.78, 5) is 4.63. The van der Waals surface area contributed by atoms with E-state index in [4.69, 9.17) is 4.74 Å². The van der Waals surface area contributed by atoms with Gasteiger partial charge in [-0.15, -0.1) is 34.2 Å². The molecule has 0 fully saturated rings. The Morgan fingerprint density at radius 2 is 1.78 bits per heavy atom. The van der Waals surface area contributed by atoms with Crippen molar-refractivity contribution in [2.45, 2.75) is 33.4 Å². The quantitative estimate of drug-likeness (QED) is 0.254. The van der Waals surface area contributed by atoms with Crippen LogP contribution in [0.25, 0.3) is 0 Å². The van der Waals surface area contributed by atoms with E-state index >= 15 is 0 Å². The molecule has 0 aliphatic rings. The first-order chi connectivity index (χ1) is 15.0. The first-order valence-corrected chi connectivity index (χ1v) is 10.2. The molecule has 0 amide bonds. The zero-order valence-electron chi connectivity index (χ0n) is 18.9. The van der Waals surface area contributed by atoms with Crippen molar-refractivity contribution >= 4 is 29.9 Å². The minimum absolute atomic E-state index is 0. The number of benzene rings is 2. The smallest absolute Gasteiger partial charge is 0.191 e. The van der Waals surface area contributed by atoms with Gasteiger partial charge in [-0.25, -0.2) is 9.38 Å². The van der Waals surface area contributed by atoms with Crippen LogP contribution >= 0.6 is 24.0 Å². The SMILES string of the molecule is COc1ccc(CCNC(=NCc2ccc(C)c(F)c2)NCc2nnc(C)n2C)cc1.I. The van der Waals surface area contributed by atoms with E-state index in [1.54, 1.807) is 20.1 Å². The van der Waals surface area contributed by atoms with Crippen molar-refractivity contribution in [2.75, 3.05) is 13.7 Å². The monoisotopic (exact) mass is 552 g/mol. The molecule has 3 rings (SSSR count). The van der Waals surface area contributed by atoms with E-state index in [0.717, 1.165) is 29.4 Å². The average molecular weight is 552 g/mol. The molecule has 2 aromatic carbocycles. The van der Waals surface area contributed by atoms with Gasteiger partial charge in [0, 0.05) is 13.6 Å². The lowest BCUT2D eigenvalue weighted by Gasteiger charge is -2.13. The number of rotatable bonds is 8. The second kappa shape index (κ2) is 12.4. The van der Waals surface area contributed by atoms with Crippen molar-refractivity contribution in [3.05, 3.63) is 76.6 Å². The molecule has 1 heterocycles. The molecule has 0 aliphatic carbocycles. The summed E-state index contributed by atoms with van der Waals surface area (Å²) in [7, 11) is 3.58. The van der Waals surface area contributed by atoms with E-state index in [-0.39, 0.29) is 29.8 Å². The highest BCUT2D eigenvalue weighted by Crippen LogP contribution is 2.12. The average Bonchev–Trinajstić information content (AvgIpc) is 3.10. The van der Waals surface area contributed by atoms with Gasteiger partial charge in [-0.05, 0) is 55.2 Å². The van der Waals surface area contributed by atoms with Gasteiger partial charge in [0.1, 0.15) is 17.4 Å². The topological polar surface area (TPSA) is 76.4 Å². The molecule has 7 nitrogen and oxygen atoms in total. The Hall–Kier alpha value is -2.69. The highest BCUT2D eigenvalue weighted by Gasteiger charge is 2.07. The van der Waals surface area contributed by atoms with Crippen LogP contribution in [0.4, 0.5) is 4.39 Å². The highest BCUT2D eigenvalue weighted by atomic mass is 127. The maximum Gasteiger partial charge on any atom is 0.191 e. The van der Waals surface area contributed by atoms with Crippen LogP contribution in [0.5, 0.6) is 5.75 Å². The van der Waals surface area contributed by atoms with Crippen molar-refractivity contribution in [3.8, 4) is 5.75 Å². The Kier molecular flexibility index (Phi) is 9.89. The minimum Gasteiger partial charge on any atom is -0.497 e. The molecule has 32 heavy (non-hydrogen) atoms. The molecule has 0 unspecified atom stereocenters. The van der Waals surface area contributed by atoms with Gasteiger partial charge in [0.2, 0.25) is 0 Å². The summed E-state index contributed by atoms with van der Waals surface area (Å²) in [6.45, 7) is 5.20. The lowest BCUT2D eigenvalue weighted by molar-refractivity contribution is 0.414. The second-order valence-corrected chi connectivity index (χ2v) is 7.35. The number of nitrogens with zero attached hydrogens (tertiary/aromatic N) is 4. The standard InChI is InChI=1S/C23H29FN6O.HI/c1-16-5-6-19(13-21(16)24)14-26-23(27-15-22-29-28-17(2)30(22)3)25-12-11-18-7-9-20(31-4)10-8-18;/h5-10,13H,11-12,14-15H2,1-4H3,(H2,25,26,27);1H. The molecule has 0 radical (unpaired) electrons. The molecular weight excluding hydrogens is 522 g/mol. The number of methoxy groups -OCH3 is 1. The third kappa shape index (κ3) is 7.18. The van der Waals surface area contributed by atoms with Gasteiger partial charge in [0.05, 0.1) is 20.2 Å². The molecule has 172 valence electrons. The molecule has 2 N–H and O–H groups in total. The van der Waals surface area contributed by atoms with Crippen LogP contribution in [0.15, 0.2) is 47.5 Å². The minimum atomic E-state index is -0.218. The Morgan fingerprint density at radius 1 is 1.06 bits per heavy atom. The largest absolute Gasteiger partial charge is 0.497 e. The van der Waals surface area contributed by atoms with E-state index in [2.05, 4.69) is 25.8 Å². The lowest BCUT2D eigenvalue weighted by Crippen LogP contribution is -2.38. The number of aromatic nitrogens is 3. The summed E-state index contributed by atoms with van der Waals surface area (Å²) in [5, 5.41) is 14.9. The summed E-state index contributed by atoms with van der Waals surface area (Å²) < 4.78 is 21.0. The predicted octanol–water partition coefficient (Wildman–Crippen LogP) is 3.68. The van der Waals surface area contributed by atoms with E-state index < -0.39 is 0 Å². The van der Waals surface area contributed by atoms with E-state index in [0.29, 0.717) is 31.2 Å². The number of aliphatic imine (C=N–C) groups is 1. The first kappa shape index (κ1) is 25.6. The fraction of sp³-hybridized carbons (Fsp3) is 0.348. The van der Waals surface area contributed by atoms with Crippen LogP contribution in [-0.2, 0) is 26.6 Å². The number of hydrogen-bond acceptors (Lipinski definition) is 4. The predicted molar refractivity (Wildman–Crippen MR) is 135 cm³/mol. The fourth-order valence-electron chi connectivity index (χ4n) is 2.96. The van der Waals surface area contributed by atoms with Gasteiger partial charge in [-0.1, -0.05) is 24.3 Å². The van der Waals surface area contributed by atoms with Crippen LogP contribution in [0.2, 0.25) is 0 Å². The lowest BCUT2D eigenvalue weighted by atomic mass is 10.1. The van der Waals surface area contributed by atoms with Crippen LogP contribution in [-0.4, -0.2) is 34.4 Å². The third-order valence-electron chi connectivity index (χ3n) is 5.12. The molecule has 0 atom stereocenters. The Bertz CT molecular complexity index is 1040. The number of nitrogens with one attached hydrogen (secondary N) is 2. The summed E-state index contributed by atoms with van der Waals surface area (Å²) >= 11 is 0. The van der Waals surface area contributed by atoms with Gasteiger partial charge in [0.15, 0.2) is 11.8 Å². The van der Waals surface area contributed by atoms with E-state index in [1.165, 1.54) is 11.6 Å². The normalized spacial score (nSPS) is 11.1. The Morgan fingerprint density at radius 3 is 2.41 bits per heavy atom. The summed E-state index contributed by atoms with van der Waals surface area (Å²) in [6, 6.07) is 13.2. The highest BCUT2D eigenvalue weighted by molar-refractivity contribution is 14.0. The Labute approximate surface area is 205 Å². The van der Waals surface area contributed by atoms with Crippen molar-refractivity contribution < 1.29 is 9.13 Å². The summed E-state index contributed by atoms with van der Waals surface area (Å²) in [5.74, 6) is 2.91. The van der Waals surface area contributed by atoms with Gasteiger partial charge < -0.3 is 19.9 Å². The molecular formula is C23H30FIN6O. The molecule has 0 saturated carbocycles. The van der Waals surface area contributed by atoms with Crippen molar-refractivity contribution in [3.63, 3.8) is 0 Å². The zero-order valence-corrected chi connectivity index (χ0v) is 21.2. The van der Waals surface area contributed by atoms with Gasteiger partial charge in [-0.3, -0.25) is 0 Å². The van der Waals surface area contributed by atoms with Crippen molar-refractivity contribution in [1.82, 2.24) is 25.4 Å². The maximum atomic E-state index is 13.9. The van der Waals surface area contributed by atoms with Crippen LogP contribution in [0, 0.1) is 19.7 Å². The van der Waals surface area contributed by atoms with Gasteiger partial charge >= 0.3 is 0 Å². The molecule has 0 saturated heterocycles. The molecule has 0 bridgehead atoms. The second-order valence-electron chi connectivity index (χ2n) is 7.35. The van der Waals surface area contributed by atoms with Crippen LogP contribution < -0.4 is 15.4 Å². The molecule has 0 aliphatic heterocycles. The number of ether oxygens (including phenoxy) is 1. The summed E-state index contributed by atoms with van der Waals surface area (Å²) in [5.41, 5.74) is 2.63. The maximum absolute atomic E-state index is 13.9.